The van der Waals surface area contributed by atoms with Crippen molar-refractivity contribution in [2.45, 2.75) is 102 Å². The molecule has 0 radical (unpaired) electrons. The highest BCUT2D eigenvalue weighted by Crippen LogP contribution is 2.61. The van der Waals surface area contributed by atoms with Gasteiger partial charge in [0.25, 0.3) is 0 Å². The lowest BCUT2D eigenvalue weighted by Crippen LogP contribution is -2.60. The van der Waals surface area contributed by atoms with E-state index in [2.05, 4.69) is 43.5 Å². The number of nitrogens with zero attached hydrogens (tertiary/aromatic N) is 1. The van der Waals surface area contributed by atoms with Gasteiger partial charge in [-0.05, 0) is 106 Å². The molecular weight excluding hydrogens is 551 g/mol. The second-order valence-corrected chi connectivity index (χ2v) is 15.1. The number of allylic oxidation sites excluding steroid dienone is 2. The number of fused-ring (bicyclic) bond motifs is 7. The Bertz CT molecular complexity index is 1470. The molecule has 4 N–H and O–H groups in total. The number of amides is 2. The molecule has 7 rings (SSSR count). The molecule has 0 aromatic heterocycles. The fourth-order valence-corrected chi connectivity index (χ4v) is 9.48. The molecule has 2 aromatic rings. The van der Waals surface area contributed by atoms with Crippen LogP contribution in [-0.2, 0) is 16.0 Å². The molecule has 6 atom stereocenters. The minimum atomic E-state index is -0.724. The van der Waals surface area contributed by atoms with E-state index in [1.165, 1.54) is 54.6 Å². The Hall–Kier alpha value is -3.19. The van der Waals surface area contributed by atoms with E-state index in [4.69, 9.17) is 5.73 Å². The van der Waals surface area contributed by atoms with Gasteiger partial charge in [0, 0.05) is 48.1 Å². The van der Waals surface area contributed by atoms with Crippen molar-refractivity contribution in [2.24, 2.45) is 23.0 Å². The lowest BCUT2D eigenvalue weighted by Gasteiger charge is -2.59. The van der Waals surface area contributed by atoms with Gasteiger partial charge in [-0.2, -0.15) is 0 Å². The topological polar surface area (TPSA) is 87.5 Å². The molecule has 44 heavy (non-hydrogen) atoms. The molecule has 1 aliphatic heterocycles. The predicted molar refractivity (Wildman–Crippen MR) is 170 cm³/mol. The number of carbonyl (C=O) groups is 2. The molecule has 1 saturated heterocycles. The van der Waals surface area contributed by atoms with Crippen LogP contribution in [0.2, 0.25) is 0 Å². The number of nitrogens with one attached hydrogen (secondary N) is 2. The van der Waals surface area contributed by atoms with Crippen LogP contribution in [0.25, 0.3) is 0 Å². The third-order valence-corrected chi connectivity index (χ3v) is 11.4. The minimum Gasteiger partial charge on any atom is -0.383 e. The number of hydrogen-bond donors (Lipinski definition) is 3. The summed E-state index contributed by atoms with van der Waals surface area (Å²) in [6.45, 7) is 8.04. The van der Waals surface area contributed by atoms with Gasteiger partial charge >= 0.3 is 0 Å². The third kappa shape index (κ3) is 4.96. The van der Waals surface area contributed by atoms with Crippen LogP contribution in [0, 0.1) is 23.1 Å². The summed E-state index contributed by atoms with van der Waals surface area (Å²) >= 11 is 0. The standard InChI is InChI=1S/C37H47FN4O2/c1-36(2,3)41-33-26-10-6-7-11-29(26)37(33)16-18-42(19-17-37)35(44)30(20-22-12-14-23(38)15-13-22)40-34(43)31-27-21-28(32(31)39)25-9-5-4-8-24(25)27/h4-5,8-9,12-15,27-32,41H,6-7,10-11,16-21,39H2,1-3H3,(H,40,43)/t27?,28?,29?,30-,31?,32?/m1/s1. The van der Waals surface area contributed by atoms with E-state index in [1.54, 1.807) is 17.7 Å². The van der Waals surface area contributed by atoms with Gasteiger partial charge in [0.1, 0.15) is 11.9 Å². The number of benzene rings is 2. The fourth-order valence-electron chi connectivity index (χ4n) is 9.48. The Morgan fingerprint density at radius 1 is 1.02 bits per heavy atom. The van der Waals surface area contributed by atoms with E-state index in [0.29, 0.717) is 25.4 Å². The lowest BCUT2D eigenvalue weighted by atomic mass is 9.51. The minimum absolute atomic E-state index is 0.00368. The molecule has 5 unspecified atom stereocenters. The summed E-state index contributed by atoms with van der Waals surface area (Å²) in [4.78, 5) is 30.2. The van der Waals surface area contributed by atoms with Crippen LogP contribution in [0.3, 0.4) is 0 Å². The highest BCUT2D eigenvalue weighted by atomic mass is 19.1. The quantitative estimate of drug-likeness (QED) is 0.408. The van der Waals surface area contributed by atoms with Gasteiger partial charge < -0.3 is 21.3 Å². The molecule has 2 amide bonds. The molecule has 3 fully saturated rings. The Kier molecular flexibility index (Phi) is 7.38. The number of halogens is 1. The average molecular weight is 599 g/mol. The molecule has 1 heterocycles. The van der Waals surface area contributed by atoms with Gasteiger partial charge in [0.15, 0.2) is 0 Å². The van der Waals surface area contributed by atoms with Gasteiger partial charge in [-0.15, -0.1) is 0 Å². The molecule has 2 bridgehead atoms. The summed E-state index contributed by atoms with van der Waals surface area (Å²) in [5.41, 5.74) is 13.2. The molecule has 234 valence electrons. The number of nitrogens with two attached hydrogens (primary N) is 1. The zero-order valence-corrected chi connectivity index (χ0v) is 26.4. The van der Waals surface area contributed by atoms with Crippen molar-refractivity contribution in [1.82, 2.24) is 15.5 Å². The van der Waals surface area contributed by atoms with Gasteiger partial charge in [-0.25, -0.2) is 4.39 Å². The fraction of sp³-hybridized carbons (Fsp3) is 0.568. The first-order chi connectivity index (χ1) is 21.1. The summed E-state index contributed by atoms with van der Waals surface area (Å²) in [6, 6.07) is 13.6. The number of rotatable bonds is 6. The largest absolute Gasteiger partial charge is 0.383 e. The van der Waals surface area contributed by atoms with E-state index >= 15 is 0 Å². The number of piperidine rings is 1. The highest BCUT2D eigenvalue weighted by Gasteiger charge is 2.56. The van der Waals surface area contributed by atoms with E-state index in [0.717, 1.165) is 24.8 Å². The smallest absolute Gasteiger partial charge is 0.245 e. The van der Waals surface area contributed by atoms with E-state index in [-0.39, 0.29) is 52.4 Å². The zero-order valence-electron chi connectivity index (χ0n) is 26.4. The lowest BCUT2D eigenvalue weighted by molar-refractivity contribution is -0.140. The third-order valence-electron chi connectivity index (χ3n) is 11.4. The van der Waals surface area contributed by atoms with Crippen LogP contribution in [0.4, 0.5) is 4.39 Å². The van der Waals surface area contributed by atoms with Gasteiger partial charge in [0.2, 0.25) is 11.8 Å². The molecule has 4 aliphatic carbocycles. The average Bonchev–Trinajstić information content (AvgIpc) is 3.56. The van der Waals surface area contributed by atoms with Crippen molar-refractivity contribution in [3.63, 3.8) is 0 Å². The summed E-state index contributed by atoms with van der Waals surface area (Å²) in [7, 11) is 0. The second kappa shape index (κ2) is 11.0. The van der Waals surface area contributed by atoms with Crippen molar-refractivity contribution in [1.29, 1.82) is 0 Å². The van der Waals surface area contributed by atoms with E-state index < -0.39 is 6.04 Å². The summed E-state index contributed by atoms with van der Waals surface area (Å²) in [5, 5.41) is 7.05. The second-order valence-electron chi connectivity index (χ2n) is 15.1. The monoisotopic (exact) mass is 598 g/mol. The first-order valence-electron chi connectivity index (χ1n) is 16.8. The van der Waals surface area contributed by atoms with Gasteiger partial charge in [0.05, 0.1) is 5.92 Å². The van der Waals surface area contributed by atoms with Crippen LogP contribution in [0.1, 0.15) is 94.2 Å². The van der Waals surface area contributed by atoms with Crippen LogP contribution in [0.5, 0.6) is 0 Å². The van der Waals surface area contributed by atoms with Crippen molar-refractivity contribution in [2.75, 3.05) is 13.1 Å². The number of carbonyl (C=O) groups excluding carboxylic acids is 2. The Balaban J connectivity index is 1.09. The van der Waals surface area contributed by atoms with Gasteiger partial charge in [-0.1, -0.05) is 42.8 Å². The van der Waals surface area contributed by atoms with Crippen LogP contribution >= 0.6 is 0 Å². The highest BCUT2D eigenvalue weighted by molar-refractivity contribution is 5.90. The van der Waals surface area contributed by atoms with Crippen LogP contribution < -0.4 is 16.4 Å². The van der Waals surface area contributed by atoms with Crippen molar-refractivity contribution >= 4 is 11.8 Å². The number of hydrogen-bond acceptors (Lipinski definition) is 4. The van der Waals surface area contributed by atoms with Crippen molar-refractivity contribution in [3.05, 3.63) is 82.3 Å². The van der Waals surface area contributed by atoms with E-state index in [9.17, 15) is 14.0 Å². The first kappa shape index (κ1) is 29.5. The molecule has 6 nitrogen and oxygen atoms in total. The molecule has 5 aliphatic rings. The normalized spacial score (nSPS) is 29.1. The zero-order chi connectivity index (χ0) is 30.8. The predicted octanol–water partition coefficient (Wildman–Crippen LogP) is 5.54. The Morgan fingerprint density at radius 2 is 1.70 bits per heavy atom. The first-order valence-corrected chi connectivity index (χ1v) is 16.8. The number of likely N-dealkylation sites (tertiary alicyclic amines) is 1. The van der Waals surface area contributed by atoms with E-state index in [1.807, 2.05) is 17.0 Å². The molecule has 7 heteroatoms. The van der Waals surface area contributed by atoms with Crippen molar-refractivity contribution < 1.29 is 14.0 Å². The van der Waals surface area contributed by atoms with Crippen LogP contribution in [0.15, 0.2) is 59.8 Å². The Labute approximate surface area is 261 Å². The van der Waals surface area contributed by atoms with Gasteiger partial charge in [-0.3, -0.25) is 9.59 Å². The SMILES string of the molecule is CC(C)(C)NC1=C2CCCCC2C12CCN(C(=O)[C@@H](Cc1ccc(F)cc1)NC(=O)C1C3CC(c4ccccc43)C1N)CC2. The maximum absolute atomic E-state index is 14.2. The summed E-state index contributed by atoms with van der Waals surface area (Å²) in [6.07, 6.45) is 8.07. The molecular formula is C37H47FN4O2. The summed E-state index contributed by atoms with van der Waals surface area (Å²) in [5.74, 6) is 0.00290. The maximum atomic E-state index is 14.2. The van der Waals surface area contributed by atoms with Crippen LogP contribution in [-0.4, -0.2) is 47.4 Å². The summed E-state index contributed by atoms with van der Waals surface area (Å²) < 4.78 is 13.7. The molecule has 2 saturated carbocycles. The Morgan fingerprint density at radius 3 is 2.39 bits per heavy atom. The molecule has 2 aromatic carbocycles. The molecule has 1 spiro atoms. The van der Waals surface area contributed by atoms with Crippen molar-refractivity contribution in [3.8, 4) is 0 Å². The maximum Gasteiger partial charge on any atom is 0.245 e.